The van der Waals surface area contributed by atoms with Gasteiger partial charge in [-0.3, -0.25) is 9.69 Å². The van der Waals surface area contributed by atoms with E-state index in [1.807, 2.05) is 31.2 Å². The molecule has 132 valence electrons. The number of carbonyl (C=O) groups excluding carboxylic acids is 1. The van der Waals surface area contributed by atoms with E-state index in [0.717, 1.165) is 50.1 Å². The second-order valence-corrected chi connectivity index (χ2v) is 6.86. The maximum Gasteiger partial charge on any atom is 0.224 e. The van der Waals surface area contributed by atoms with Gasteiger partial charge < -0.3 is 15.2 Å². The van der Waals surface area contributed by atoms with Crippen molar-refractivity contribution in [2.24, 2.45) is 0 Å². The minimum absolute atomic E-state index is 0.0794. The van der Waals surface area contributed by atoms with Crippen molar-refractivity contribution in [2.75, 3.05) is 19.7 Å². The zero-order chi connectivity index (χ0) is 16.9. The van der Waals surface area contributed by atoms with Crippen molar-refractivity contribution < 1.29 is 14.6 Å². The number of aliphatic hydroxyl groups is 1. The smallest absolute Gasteiger partial charge is 0.224 e. The van der Waals surface area contributed by atoms with Crippen LogP contribution < -0.4 is 10.1 Å². The highest BCUT2D eigenvalue weighted by atomic mass is 16.5. The third kappa shape index (κ3) is 4.28. The van der Waals surface area contributed by atoms with E-state index in [9.17, 15) is 9.90 Å². The lowest BCUT2D eigenvalue weighted by Gasteiger charge is -2.29. The molecule has 0 bridgehead atoms. The lowest BCUT2D eigenvalue weighted by Crippen LogP contribution is -2.48. The van der Waals surface area contributed by atoms with Gasteiger partial charge in [0.2, 0.25) is 5.91 Å². The predicted octanol–water partition coefficient (Wildman–Crippen LogP) is 1.73. The molecule has 1 aromatic rings. The normalized spacial score (nSPS) is 27.3. The van der Waals surface area contributed by atoms with Gasteiger partial charge in [-0.05, 0) is 50.3 Å². The highest BCUT2D eigenvalue weighted by molar-refractivity contribution is 5.79. The standard InChI is InChI=1S/C19H28N2O3/c1-2-24-16-8-6-14(7-9-16)12-19(23)20-17-4-3-5-18(17)21-11-10-15(22)13-21/h6-9,15,17-18,22H,2-5,10-13H2,1H3,(H,20,23)/t15?,17-,18+/m1/s1. The summed E-state index contributed by atoms with van der Waals surface area (Å²) in [5.74, 6) is 0.918. The van der Waals surface area contributed by atoms with Crippen molar-refractivity contribution in [3.05, 3.63) is 29.8 Å². The van der Waals surface area contributed by atoms with Gasteiger partial charge in [-0.2, -0.15) is 0 Å². The van der Waals surface area contributed by atoms with Crippen LogP contribution in [0, 0.1) is 0 Å². The van der Waals surface area contributed by atoms with Crippen LogP contribution in [0.2, 0.25) is 0 Å². The molecule has 2 N–H and O–H groups in total. The first-order valence-corrected chi connectivity index (χ1v) is 9.09. The molecule has 1 aliphatic carbocycles. The second kappa shape index (κ2) is 7.99. The third-order valence-corrected chi connectivity index (χ3v) is 5.09. The monoisotopic (exact) mass is 332 g/mol. The van der Waals surface area contributed by atoms with Gasteiger partial charge in [0.1, 0.15) is 5.75 Å². The third-order valence-electron chi connectivity index (χ3n) is 5.09. The average molecular weight is 332 g/mol. The molecule has 5 nitrogen and oxygen atoms in total. The van der Waals surface area contributed by atoms with Crippen LogP contribution in [-0.4, -0.2) is 53.8 Å². The SMILES string of the molecule is CCOc1ccc(CC(=O)N[C@@H]2CCC[C@@H]2N2CCC(O)C2)cc1. The van der Waals surface area contributed by atoms with Crippen LogP contribution in [0.5, 0.6) is 5.75 Å². The van der Waals surface area contributed by atoms with E-state index >= 15 is 0 Å². The van der Waals surface area contributed by atoms with E-state index in [-0.39, 0.29) is 18.1 Å². The number of nitrogens with zero attached hydrogens (tertiary/aromatic N) is 1. The van der Waals surface area contributed by atoms with Crippen LogP contribution in [0.25, 0.3) is 0 Å². The molecular formula is C19H28N2O3. The van der Waals surface area contributed by atoms with Crippen LogP contribution >= 0.6 is 0 Å². The van der Waals surface area contributed by atoms with Gasteiger partial charge in [0.25, 0.3) is 0 Å². The Morgan fingerprint density at radius 3 is 2.75 bits per heavy atom. The number of amides is 1. The Kier molecular flexibility index (Phi) is 5.74. The second-order valence-electron chi connectivity index (χ2n) is 6.86. The lowest BCUT2D eigenvalue weighted by molar-refractivity contribution is -0.121. The number of carbonyl (C=O) groups is 1. The number of benzene rings is 1. The predicted molar refractivity (Wildman–Crippen MR) is 93.1 cm³/mol. The van der Waals surface area contributed by atoms with Crippen molar-refractivity contribution in [3.63, 3.8) is 0 Å². The number of likely N-dealkylation sites (tertiary alicyclic amines) is 1. The van der Waals surface area contributed by atoms with Crippen LogP contribution in [0.15, 0.2) is 24.3 Å². The summed E-state index contributed by atoms with van der Waals surface area (Å²) in [4.78, 5) is 14.7. The summed E-state index contributed by atoms with van der Waals surface area (Å²) in [6, 6.07) is 8.32. The molecule has 0 spiro atoms. The topological polar surface area (TPSA) is 61.8 Å². The van der Waals surface area contributed by atoms with Crippen molar-refractivity contribution in [1.82, 2.24) is 10.2 Å². The first-order valence-electron chi connectivity index (χ1n) is 9.09. The maximum atomic E-state index is 12.4. The summed E-state index contributed by atoms with van der Waals surface area (Å²) in [5, 5.41) is 13.0. The summed E-state index contributed by atoms with van der Waals surface area (Å²) in [6.07, 6.45) is 4.34. The molecule has 0 aromatic heterocycles. The highest BCUT2D eigenvalue weighted by Gasteiger charge is 2.36. The molecule has 1 saturated carbocycles. The first-order chi connectivity index (χ1) is 11.7. The molecule has 2 aliphatic rings. The lowest BCUT2D eigenvalue weighted by atomic mass is 10.1. The van der Waals surface area contributed by atoms with E-state index < -0.39 is 0 Å². The molecule has 3 rings (SSSR count). The number of rotatable bonds is 6. The van der Waals surface area contributed by atoms with Crippen LogP contribution in [0.1, 0.15) is 38.2 Å². The van der Waals surface area contributed by atoms with Gasteiger partial charge in [0, 0.05) is 25.2 Å². The van der Waals surface area contributed by atoms with Crippen molar-refractivity contribution in [3.8, 4) is 5.75 Å². The van der Waals surface area contributed by atoms with Crippen LogP contribution in [0.3, 0.4) is 0 Å². The van der Waals surface area contributed by atoms with E-state index in [0.29, 0.717) is 19.1 Å². The fraction of sp³-hybridized carbons (Fsp3) is 0.632. The Balaban J connectivity index is 1.52. The fourth-order valence-corrected chi connectivity index (χ4v) is 3.93. The number of ether oxygens (including phenoxy) is 1. The van der Waals surface area contributed by atoms with Crippen LogP contribution in [0.4, 0.5) is 0 Å². The van der Waals surface area contributed by atoms with Gasteiger partial charge in [0.15, 0.2) is 0 Å². The molecule has 24 heavy (non-hydrogen) atoms. The summed E-state index contributed by atoms with van der Waals surface area (Å²) in [6.45, 7) is 4.29. The van der Waals surface area contributed by atoms with Gasteiger partial charge in [0.05, 0.1) is 19.1 Å². The summed E-state index contributed by atoms with van der Waals surface area (Å²) in [7, 11) is 0. The van der Waals surface area contributed by atoms with E-state index in [2.05, 4.69) is 10.2 Å². The molecule has 1 aliphatic heterocycles. The summed E-state index contributed by atoms with van der Waals surface area (Å²) in [5.41, 5.74) is 1.00. The number of aliphatic hydroxyl groups excluding tert-OH is 1. The first kappa shape index (κ1) is 17.2. The summed E-state index contributed by atoms with van der Waals surface area (Å²) >= 11 is 0. The minimum atomic E-state index is -0.203. The molecule has 1 aromatic carbocycles. The number of nitrogens with one attached hydrogen (secondary N) is 1. The molecule has 2 fully saturated rings. The van der Waals surface area contributed by atoms with Crippen molar-refractivity contribution in [1.29, 1.82) is 0 Å². The average Bonchev–Trinajstić information content (AvgIpc) is 3.18. The Morgan fingerprint density at radius 2 is 2.08 bits per heavy atom. The molecule has 1 amide bonds. The molecule has 1 unspecified atom stereocenters. The summed E-state index contributed by atoms with van der Waals surface area (Å²) < 4.78 is 5.43. The quantitative estimate of drug-likeness (QED) is 0.833. The van der Waals surface area contributed by atoms with Crippen molar-refractivity contribution in [2.45, 2.75) is 57.2 Å². The minimum Gasteiger partial charge on any atom is -0.494 e. The molecule has 1 saturated heterocycles. The maximum absolute atomic E-state index is 12.4. The number of hydrogen-bond acceptors (Lipinski definition) is 4. The van der Waals surface area contributed by atoms with Gasteiger partial charge in [-0.25, -0.2) is 0 Å². The Bertz CT molecular complexity index is 546. The molecule has 1 heterocycles. The highest BCUT2D eigenvalue weighted by Crippen LogP contribution is 2.27. The van der Waals surface area contributed by atoms with Crippen LogP contribution in [-0.2, 0) is 11.2 Å². The Labute approximate surface area is 144 Å². The number of β-amino-alcohol motifs (C(OH)–C–C–N with tert-alkyl or cyclic N) is 1. The Morgan fingerprint density at radius 1 is 1.29 bits per heavy atom. The Hall–Kier alpha value is -1.59. The molecular weight excluding hydrogens is 304 g/mol. The van der Waals surface area contributed by atoms with Gasteiger partial charge in [-0.15, -0.1) is 0 Å². The van der Waals surface area contributed by atoms with Crippen molar-refractivity contribution >= 4 is 5.91 Å². The van der Waals surface area contributed by atoms with Gasteiger partial charge in [-0.1, -0.05) is 12.1 Å². The van der Waals surface area contributed by atoms with E-state index in [1.165, 1.54) is 0 Å². The molecule has 5 heteroatoms. The number of hydrogen-bond donors (Lipinski definition) is 2. The van der Waals surface area contributed by atoms with Gasteiger partial charge >= 0.3 is 0 Å². The fourth-order valence-electron chi connectivity index (χ4n) is 3.93. The molecule has 0 radical (unpaired) electrons. The zero-order valence-electron chi connectivity index (χ0n) is 14.4. The van der Waals surface area contributed by atoms with E-state index in [4.69, 9.17) is 4.74 Å². The molecule has 3 atom stereocenters. The van der Waals surface area contributed by atoms with E-state index in [1.54, 1.807) is 0 Å². The largest absolute Gasteiger partial charge is 0.494 e. The zero-order valence-corrected chi connectivity index (χ0v) is 14.4.